The Balaban J connectivity index is 1.67. The van der Waals surface area contributed by atoms with Crippen molar-refractivity contribution in [2.24, 2.45) is 0 Å². The van der Waals surface area contributed by atoms with Crippen molar-refractivity contribution in [1.29, 1.82) is 0 Å². The molecule has 32 heavy (non-hydrogen) atoms. The van der Waals surface area contributed by atoms with E-state index in [1.54, 1.807) is 35.7 Å². The van der Waals surface area contributed by atoms with Crippen LogP contribution in [0.2, 0.25) is 10.0 Å². The van der Waals surface area contributed by atoms with Gasteiger partial charge in [0.05, 0.1) is 15.8 Å². The number of hydrogen-bond donors (Lipinski definition) is 1. The molecule has 1 aliphatic rings. The molecule has 2 aromatic carbocycles. The molecule has 1 aliphatic carbocycles. The van der Waals surface area contributed by atoms with Gasteiger partial charge in [-0.25, -0.2) is 0 Å². The first-order valence-electron chi connectivity index (χ1n) is 11.0. The summed E-state index contributed by atoms with van der Waals surface area (Å²) < 4.78 is 0. The predicted molar refractivity (Wildman–Crippen MR) is 134 cm³/mol. The molecule has 1 N–H and O–H groups in total. The largest absolute Gasteiger partial charge is 0.352 e. The van der Waals surface area contributed by atoms with Crippen molar-refractivity contribution in [1.82, 2.24) is 10.2 Å². The Hall–Kier alpha value is -1.69. The maximum absolute atomic E-state index is 13.2. The molecule has 0 unspecified atom stereocenters. The topological polar surface area (TPSA) is 49.4 Å². The van der Waals surface area contributed by atoms with Crippen molar-refractivity contribution in [2.45, 2.75) is 63.9 Å². The summed E-state index contributed by atoms with van der Waals surface area (Å²) in [7, 11) is 0. The standard InChI is InChI=1S/C25H30Cl2N2O2S/c1-17-7-9-19(10-8-17)15-32-16-24(30)29(14-20-11-12-22(26)23(27)13-20)18(2)25(31)28-21-5-3-4-6-21/h7-13,18,21H,3-6,14-16H2,1-2H3,(H,28,31)/t18-/m0/s1. The van der Waals surface area contributed by atoms with E-state index in [4.69, 9.17) is 23.2 Å². The number of thioether (sulfide) groups is 1. The van der Waals surface area contributed by atoms with Crippen molar-refractivity contribution in [2.75, 3.05) is 5.75 Å². The molecule has 0 bridgehead atoms. The maximum atomic E-state index is 13.2. The first-order valence-corrected chi connectivity index (χ1v) is 12.9. The zero-order valence-electron chi connectivity index (χ0n) is 18.6. The van der Waals surface area contributed by atoms with E-state index in [2.05, 4.69) is 36.5 Å². The van der Waals surface area contributed by atoms with Crippen molar-refractivity contribution < 1.29 is 9.59 Å². The van der Waals surface area contributed by atoms with E-state index in [0.29, 0.717) is 22.3 Å². The molecular formula is C25H30Cl2N2O2S. The molecule has 0 heterocycles. The van der Waals surface area contributed by atoms with Gasteiger partial charge >= 0.3 is 0 Å². The van der Waals surface area contributed by atoms with Gasteiger partial charge in [-0.1, -0.05) is 71.9 Å². The second kappa shape index (κ2) is 12.0. The summed E-state index contributed by atoms with van der Waals surface area (Å²) in [4.78, 5) is 27.8. The highest BCUT2D eigenvalue weighted by Crippen LogP contribution is 2.24. The van der Waals surface area contributed by atoms with Crippen LogP contribution in [0.5, 0.6) is 0 Å². The molecule has 0 aromatic heterocycles. The fourth-order valence-corrected chi connectivity index (χ4v) is 5.02. The van der Waals surface area contributed by atoms with E-state index in [0.717, 1.165) is 37.0 Å². The number of aryl methyl sites for hydroxylation is 1. The molecule has 1 atom stereocenters. The molecule has 0 radical (unpaired) electrons. The quantitative estimate of drug-likeness (QED) is 0.466. The molecule has 0 spiro atoms. The smallest absolute Gasteiger partial charge is 0.242 e. The number of benzene rings is 2. The Morgan fingerprint density at radius 1 is 1.06 bits per heavy atom. The molecule has 2 amide bonds. The van der Waals surface area contributed by atoms with Gasteiger partial charge in [-0.2, -0.15) is 0 Å². The number of amides is 2. The van der Waals surface area contributed by atoms with Crippen LogP contribution in [0, 0.1) is 6.92 Å². The van der Waals surface area contributed by atoms with Crippen LogP contribution < -0.4 is 5.32 Å². The van der Waals surface area contributed by atoms with Crippen LogP contribution in [0.3, 0.4) is 0 Å². The van der Waals surface area contributed by atoms with Crippen LogP contribution in [-0.2, 0) is 21.9 Å². The van der Waals surface area contributed by atoms with Crippen LogP contribution in [0.15, 0.2) is 42.5 Å². The summed E-state index contributed by atoms with van der Waals surface area (Å²) in [6, 6.07) is 13.3. The van der Waals surface area contributed by atoms with E-state index in [1.807, 2.05) is 6.07 Å². The monoisotopic (exact) mass is 492 g/mol. The molecule has 0 saturated heterocycles. The van der Waals surface area contributed by atoms with Gasteiger partial charge < -0.3 is 10.2 Å². The molecule has 4 nitrogen and oxygen atoms in total. The molecule has 3 rings (SSSR count). The van der Waals surface area contributed by atoms with Crippen LogP contribution in [-0.4, -0.2) is 34.6 Å². The van der Waals surface area contributed by atoms with Gasteiger partial charge in [0.2, 0.25) is 11.8 Å². The minimum absolute atomic E-state index is 0.0674. The van der Waals surface area contributed by atoms with Gasteiger partial charge in [0.25, 0.3) is 0 Å². The fraction of sp³-hybridized carbons (Fsp3) is 0.440. The first kappa shape index (κ1) is 24.9. The lowest BCUT2D eigenvalue weighted by Crippen LogP contribution is -2.50. The lowest BCUT2D eigenvalue weighted by Gasteiger charge is -2.30. The second-order valence-electron chi connectivity index (χ2n) is 8.41. The number of hydrogen-bond acceptors (Lipinski definition) is 3. The van der Waals surface area contributed by atoms with Gasteiger partial charge in [-0.3, -0.25) is 9.59 Å². The van der Waals surface area contributed by atoms with E-state index in [9.17, 15) is 9.59 Å². The summed E-state index contributed by atoms with van der Waals surface area (Å²) in [6.07, 6.45) is 4.29. The summed E-state index contributed by atoms with van der Waals surface area (Å²) >= 11 is 13.8. The highest BCUT2D eigenvalue weighted by atomic mass is 35.5. The minimum Gasteiger partial charge on any atom is -0.352 e. The van der Waals surface area contributed by atoms with Crippen molar-refractivity contribution in [3.05, 3.63) is 69.2 Å². The third-order valence-corrected chi connectivity index (χ3v) is 7.55. The molecule has 2 aromatic rings. The first-order chi connectivity index (χ1) is 15.3. The van der Waals surface area contributed by atoms with Gasteiger partial charge in [0.1, 0.15) is 6.04 Å². The molecule has 0 aliphatic heterocycles. The lowest BCUT2D eigenvalue weighted by atomic mass is 10.1. The van der Waals surface area contributed by atoms with E-state index >= 15 is 0 Å². The van der Waals surface area contributed by atoms with Crippen LogP contribution >= 0.6 is 35.0 Å². The average Bonchev–Trinajstić information content (AvgIpc) is 3.28. The summed E-state index contributed by atoms with van der Waals surface area (Å²) in [5.41, 5.74) is 3.23. The number of carbonyl (C=O) groups is 2. The lowest BCUT2D eigenvalue weighted by molar-refractivity contribution is -0.138. The Kier molecular flexibility index (Phi) is 9.33. The number of nitrogens with zero attached hydrogens (tertiary/aromatic N) is 1. The third kappa shape index (κ3) is 7.16. The number of nitrogens with one attached hydrogen (secondary N) is 1. The number of halogens is 2. The second-order valence-corrected chi connectivity index (χ2v) is 10.2. The Morgan fingerprint density at radius 3 is 2.38 bits per heavy atom. The number of carbonyl (C=O) groups excluding carboxylic acids is 2. The summed E-state index contributed by atoms with van der Waals surface area (Å²) in [5.74, 6) is 0.877. The summed E-state index contributed by atoms with van der Waals surface area (Å²) in [5, 5.41) is 4.03. The zero-order valence-corrected chi connectivity index (χ0v) is 20.9. The SMILES string of the molecule is Cc1ccc(CSCC(=O)N(Cc2ccc(Cl)c(Cl)c2)[C@@H](C)C(=O)NC2CCCC2)cc1. The Labute approximate surface area is 205 Å². The Morgan fingerprint density at radius 2 is 1.72 bits per heavy atom. The molecule has 1 saturated carbocycles. The van der Waals surface area contributed by atoms with E-state index in [-0.39, 0.29) is 17.9 Å². The van der Waals surface area contributed by atoms with Gasteiger partial charge in [0, 0.05) is 18.3 Å². The van der Waals surface area contributed by atoms with Crippen molar-refractivity contribution >= 4 is 46.8 Å². The summed E-state index contributed by atoms with van der Waals surface area (Å²) in [6.45, 7) is 4.16. The van der Waals surface area contributed by atoms with Gasteiger partial charge in [-0.05, 0) is 49.9 Å². The average molecular weight is 494 g/mol. The number of rotatable bonds is 9. The van der Waals surface area contributed by atoms with Gasteiger partial charge in [0.15, 0.2) is 0 Å². The van der Waals surface area contributed by atoms with Crippen LogP contribution in [0.1, 0.15) is 49.3 Å². The molecular weight excluding hydrogens is 463 g/mol. The molecule has 172 valence electrons. The highest BCUT2D eigenvalue weighted by molar-refractivity contribution is 7.99. The van der Waals surface area contributed by atoms with Gasteiger partial charge in [-0.15, -0.1) is 11.8 Å². The highest BCUT2D eigenvalue weighted by Gasteiger charge is 2.28. The fourth-order valence-electron chi connectivity index (χ4n) is 3.83. The van der Waals surface area contributed by atoms with Crippen molar-refractivity contribution in [3.63, 3.8) is 0 Å². The predicted octanol–water partition coefficient (Wildman–Crippen LogP) is 6.01. The van der Waals surface area contributed by atoms with E-state index in [1.165, 1.54) is 11.1 Å². The Bertz CT molecular complexity index is 930. The van der Waals surface area contributed by atoms with E-state index < -0.39 is 6.04 Å². The van der Waals surface area contributed by atoms with Crippen LogP contribution in [0.4, 0.5) is 0 Å². The third-order valence-electron chi connectivity index (χ3n) is 5.82. The maximum Gasteiger partial charge on any atom is 0.242 e. The normalized spacial score (nSPS) is 14.9. The van der Waals surface area contributed by atoms with Crippen LogP contribution in [0.25, 0.3) is 0 Å². The molecule has 7 heteroatoms. The van der Waals surface area contributed by atoms with Crippen molar-refractivity contribution in [3.8, 4) is 0 Å². The zero-order chi connectivity index (χ0) is 23.1. The minimum atomic E-state index is -0.572. The molecule has 1 fully saturated rings.